The number of nitrogens with zero attached hydrogens (tertiary/aromatic N) is 1. The molecule has 0 saturated carbocycles. The summed E-state index contributed by atoms with van der Waals surface area (Å²) >= 11 is 0. The first-order chi connectivity index (χ1) is 5.99. The van der Waals surface area contributed by atoms with Crippen LogP contribution in [0.1, 0.15) is 13.8 Å². The topological polar surface area (TPSA) is 87.7 Å². The summed E-state index contributed by atoms with van der Waals surface area (Å²) in [7, 11) is -0.848. The Kier molecular flexibility index (Phi) is 5.65. The van der Waals surface area contributed by atoms with Crippen LogP contribution in [0.2, 0.25) is 0 Å². The number of amidine groups is 1. The zero-order valence-corrected chi connectivity index (χ0v) is 8.97. The molecule has 0 aliphatic heterocycles. The number of nitrogens with two attached hydrogens (primary N) is 1. The fraction of sp³-hybridized carbons (Fsp3) is 0.857. The van der Waals surface area contributed by atoms with E-state index in [9.17, 15) is 4.21 Å². The maximum absolute atomic E-state index is 11.0. The maximum Gasteiger partial charge on any atom is 0.156 e. The fourth-order valence-corrected chi connectivity index (χ4v) is 0.982. The van der Waals surface area contributed by atoms with E-state index in [-0.39, 0.29) is 17.1 Å². The van der Waals surface area contributed by atoms with Crippen molar-refractivity contribution in [2.75, 3.05) is 12.8 Å². The van der Waals surface area contributed by atoms with Gasteiger partial charge in [-0.05, 0) is 13.8 Å². The molecule has 3 atom stereocenters. The van der Waals surface area contributed by atoms with Crippen molar-refractivity contribution in [1.82, 2.24) is 5.32 Å². The van der Waals surface area contributed by atoms with Crippen LogP contribution in [-0.2, 0) is 10.8 Å². The summed E-state index contributed by atoms with van der Waals surface area (Å²) in [6, 6.07) is -0.198. The highest BCUT2D eigenvalue weighted by Crippen LogP contribution is 1.91. The molecule has 5 nitrogen and oxygen atoms in total. The van der Waals surface area contributed by atoms with Crippen LogP contribution in [-0.4, -0.2) is 39.3 Å². The third-order valence-corrected chi connectivity index (χ3v) is 3.14. The van der Waals surface area contributed by atoms with Gasteiger partial charge in [0.1, 0.15) is 0 Å². The highest BCUT2D eigenvalue weighted by atomic mass is 32.2. The molecule has 0 amide bonds. The van der Waals surface area contributed by atoms with Gasteiger partial charge < -0.3 is 16.3 Å². The molecular formula is C7H17N3O2S. The molecule has 0 heterocycles. The molecule has 0 aliphatic carbocycles. The van der Waals surface area contributed by atoms with Crippen LogP contribution in [0.4, 0.5) is 0 Å². The van der Waals surface area contributed by atoms with Crippen molar-refractivity contribution < 1.29 is 9.42 Å². The number of rotatable bonds is 5. The van der Waals surface area contributed by atoms with Gasteiger partial charge >= 0.3 is 0 Å². The van der Waals surface area contributed by atoms with Gasteiger partial charge in [-0.3, -0.25) is 4.21 Å². The maximum atomic E-state index is 11.0. The minimum Gasteiger partial charge on any atom is -0.409 e. The van der Waals surface area contributed by atoms with Gasteiger partial charge in [-0.25, -0.2) is 0 Å². The van der Waals surface area contributed by atoms with E-state index in [1.165, 1.54) is 0 Å². The quantitative estimate of drug-likeness (QED) is 0.245. The number of oxime groups is 1. The van der Waals surface area contributed by atoms with E-state index >= 15 is 0 Å². The largest absolute Gasteiger partial charge is 0.409 e. The molecule has 3 unspecified atom stereocenters. The molecule has 0 radical (unpaired) electrons. The summed E-state index contributed by atoms with van der Waals surface area (Å²) in [5.74, 6) is 0.133. The summed E-state index contributed by atoms with van der Waals surface area (Å²) in [6.07, 6.45) is 1.65. The molecular weight excluding hydrogens is 190 g/mol. The Bertz CT molecular complexity index is 208. The third kappa shape index (κ3) is 4.84. The summed E-state index contributed by atoms with van der Waals surface area (Å²) in [5.41, 5.74) is 5.34. The molecule has 0 spiro atoms. The summed E-state index contributed by atoms with van der Waals surface area (Å²) in [6.45, 7) is 4.24. The average molecular weight is 207 g/mol. The first-order valence-electron chi connectivity index (χ1n) is 4.02. The molecule has 4 N–H and O–H groups in total. The predicted octanol–water partition coefficient (Wildman–Crippen LogP) is -0.522. The number of hydrogen-bond donors (Lipinski definition) is 3. The zero-order chi connectivity index (χ0) is 10.4. The smallest absolute Gasteiger partial charge is 0.156 e. The Balaban J connectivity index is 3.83. The second kappa shape index (κ2) is 5.93. The monoisotopic (exact) mass is 207 g/mol. The van der Waals surface area contributed by atoms with Crippen molar-refractivity contribution in [2.45, 2.75) is 25.1 Å². The molecule has 0 aliphatic rings. The molecule has 6 heteroatoms. The van der Waals surface area contributed by atoms with Crippen LogP contribution < -0.4 is 11.1 Å². The zero-order valence-electron chi connectivity index (χ0n) is 8.15. The first-order valence-corrected chi connectivity index (χ1v) is 5.64. The van der Waals surface area contributed by atoms with E-state index in [4.69, 9.17) is 10.9 Å². The highest BCUT2D eigenvalue weighted by molar-refractivity contribution is 7.84. The van der Waals surface area contributed by atoms with E-state index in [1.54, 1.807) is 13.2 Å². The standard InChI is InChI=1S/C7H17N3O2S/c1-5(13(3)12)4-9-6(2)7(8)10-11/h5-6,9,11H,4H2,1-3H3,(H2,8,10). The summed E-state index contributed by atoms with van der Waals surface area (Å²) in [5, 5.41) is 14.3. The SMILES string of the molecule is CC(NCC(C)S(C)=O)C(N)=NO. The Labute approximate surface area is 80.8 Å². The lowest BCUT2D eigenvalue weighted by atomic mass is 10.3. The van der Waals surface area contributed by atoms with Crippen molar-refractivity contribution in [3.05, 3.63) is 0 Å². The van der Waals surface area contributed by atoms with Crippen molar-refractivity contribution >= 4 is 16.6 Å². The lowest BCUT2D eigenvalue weighted by Gasteiger charge is -2.14. The van der Waals surface area contributed by atoms with Crippen molar-refractivity contribution in [2.24, 2.45) is 10.9 Å². The van der Waals surface area contributed by atoms with Crippen molar-refractivity contribution in [1.29, 1.82) is 0 Å². The Hall–Kier alpha value is -0.620. The van der Waals surface area contributed by atoms with Gasteiger partial charge in [-0.15, -0.1) is 0 Å². The third-order valence-electron chi connectivity index (χ3n) is 1.84. The molecule has 0 aromatic carbocycles. The van der Waals surface area contributed by atoms with E-state index in [0.717, 1.165) is 0 Å². The second-order valence-electron chi connectivity index (χ2n) is 2.96. The van der Waals surface area contributed by atoms with E-state index in [1.807, 2.05) is 6.92 Å². The fourth-order valence-electron chi connectivity index (χ4n) is 0.651. The van der Waals surface area contributed by atoms with Gasteiger partial charge in [0.15, 0.2) is 5.84 Å². The van der Waals surface area contributed by atoms with Gasteiger partial charge in [0, 0.05) is 28.9 Å². The predicted molar refractivity (Wildman–Crippen MR) is 54.4 cm³/mol. The number of hydrogen-bond acceptors (Lipinski definition) is 4. The van der Waals surface area contributed by atoms with Crippen molar-refractivity contribution in [3.8, 4) is 0 Å². The Morgan fingerprint density at radius 2 is 2.23 bits per heavy atom. The second-order valence-corrected chi connectivity index (χ2v) is 4.77. The minimum absolute atomic E-state index is 0.0638. The molecule has 0 saturated heterocycles. The van der Waals surface area contributed by atoms with Crippen LogP contribution in [0, 0.1) is 0 Å². The van der Waals surface area contributed by atoms with Gasteiger partial charge in [-0.2, -0.15) is 0 Å². The molecule has 0 aromatic heterocycles. The molecule has 0 rings (SSSR count). The molecule has 0 aromatic rings. The van der Waals surface area contributed by atoms with Crippen LogP contribution in [0.15, 0.2) is 5.16 Å². The van der Waals surface area contributed by atoms with E-state index < -0.39 is 10.8 Å². The number of nitrogens with one attached hydrogen (secondary N) is 1. The molecule has 0 fully saturated rings. The van der Waals surface area contributed by atoms with E-state index in [0.29, 0.717) is 6.54 Å². The molecule has 0 bridgehead atoms. The van der Waals surface area contributed by atoms with Gasteiger partial charge in [0.25, 0.3) is 0 Å². The minimum atomic E-state index is -0.848. The molecule has 13 heavy (non-hydrogen) atoms. The van der Waals surface area contributed by atoms with Crippen LogP contribution in [0.5, 0.6) is 0 Å². The lowest BCUT2D eigenvalue weighted by Crippen LogP contribution is -2.42. The highest BCUT2D eigenvalue weighted by Gasteiger charge is 2.10. The molecule has 78 valence electrons. The summed E-state index contributed by atoms with van der Waals surface area (Å²) in [4.78, 5) is 0. The van der Waals surface area contributed by atoms with Gasteiger partial charge in [-0.1, -0.05) is 5.16 Å². The average Bonchev–Trinajstić information content (AvgIpc) is 2.11. The Morgan fingerprint density at radius 1 is 1.69 bits per heavy atom. The lowest BCUT2D eigenvalue weighted by molar-refractivity contribution is 0.315. The first kappa shape index (κ1) is 12.4. The van der Waals surface area contributed by atoms with Crippen molar-refractivity contribution in [3.63, 3.8) is 0 Å². The van der Waals surface area contributed by atoms with Crippen LogP contribution in [0.3, 0.4) is 0 Å². The van der Waals surface area contributed by atoms with Crippen LogP contribution in [0.25, 0.3) is 0 Å². The van der Waals surface area contributed by atoms with Gasteiger partial charge in [0.2, 0.25) is 0 Å². The van der Waals surface area contributed by atoms with Crippen LogP contribution >= 0.6 is 0 Å². The normalized spacial score (nSPS) is 19.5. The van der Waals surface area contributed by atoms with E-state index in [2.05, 4.69) is 10.5 Å². The summed E-state index contributed by atoms with van der Waals surface area (Å²) < 4.78 is 11.0. The van der Waals surface area contributed by atoms with Gasteiger partial charge in [0.05, 0.1) is 6.04 Å². The Morgan fingerprint density at radius 3 is 2.62 bits per heavy atom.